The van der Waals surface area contributed by atoms with Gasteiger partial charge < -0.3 is 11.5 Å². The summed E-state index contributed by atoms with van der Waals surface area (Å²) in [5.41, 5.74) is 13.6. The molecule has 0 aliphatic heterocycles. The molecule has 5 heteroatoms. The first kappa shape index (κ1) is 13.1. The molecular formula is C13H18N4S. The quantitative estimate of drug-likeness (QED) is 0.783. The number of pyridine rings is 1. The third-order valence-corrected chi connectivity index (χ3v) is 3.74. The van der Waals surface area contributed by atoms with Crippen LogP contribution in [-0.2, 0) is 0 Å². The Morgan fingerprint density at radius 3 is 2.94 bits per heavy atom. The van der Waals surface area contributed by atoms with E-state index in [0.29, 0.717) is 0 Å². The zero-order chi connectivity index (χ0) is 12.8. The Bertz CT molecular complexity index is 469. The lowest BCUT2D eigenvalue weighted by atomic mass is 10.1. The minimum Gasteiger partial charge on any atom is -0.330 e. The van der Waals surface area contributed by atoms with Crippen LogP contribution in [0.3, 0.4) is 0 Å². The van der Waals surface area contributed by atoms with E-state index in [1.807, 2.05) is 23.7 Å². The number of unbranched alkanes of at least 4 members (excludes halogenated alkanes) is 1. The molecule has 0 radical (unpaired) electrons. The normalized spacial score (nSPS) is 12.6. The molecule has 4 nitrogen and oxygen atoms in total. The van der Waals surface area contributed by atoms with Crippen molar-refractivity contribution in [1.82, 2.24) is 9.97 Å². The monoisotopic (exact) mass is 262 g/mol. The average Bonchev–Trinajstić information content (AvgIpc) is 2.89. The third kappa shape index (κ3) is 3.35. The Morgan fingerprint density at radius 2 is 2.22 bits per heavy atom. The number of hydrogen-bond donors (Lipinski definition) is 2. The number of thiazole rings is 1. The molecule has 0 aliphatic carbocycles. The van der Waals surface area contributed by atoms with E-state index in [4.69, 9.17) is 11.5 Å². The smallest absolute Gasteiger partial charge is 0.110 e. The van der Waals surface area contributed by atoms with Crippen molar-refractivity contribution in [3.8, 4) is 11.3 Å². The van der Waals surface area contributed by atoms with E-state index >= 15 is 0 Å². The van der Waals surface area contributed by atoms with Gasteiger partial charge in [-0.3, -0.25) is 4.98 Å². The van der Waals surface area contributed by atoms with Crippen LogP contribution in [0, 0.1) is 0 Å². The second kappa shape index (κ2) is 6.58. The van der Waals surface area contributed by atoms with Gasteiger partial charge in [0.1, 0.15) is 5.01 Å². The fourth-order valence-corrected chi connectivity index (χ4v) is 2.60. The van der Waals surface area contributed by atoms with Gasteiger partial charge >= 0.3 is 0 Å². The highest BCUT2D eigenvalue weighted by Crippen LogP contribution is 2.26. The second-order valence-electron chi connectivity index (χ2n) is 4.20. The summed E-state index contributed by atoms with van der Waals surface area (Å²) in [7, 11) is 0. The summed E-state index contributed by atoms with van der Waals surface area (Å²) in [6.07, 6.45) is 6.60. The first-order valence-electron chi connectivity index (χ1n) is 6.12. The van der Waals surface area contributed by atoms with Gasteiger partial charge in [0.15, 0.2) is 0 Å². The average molecular weight is 262 g/mol. The van der Waals surface area contributed by atoms with Gasteiger partial charge in [-0.15, -0.1) is 11.3 Å². The van der Waals surface area contributed by atoms with Gasteiger partial charge in [0.25, 0.3) is 0 Å². The predicted octanol–water partition coefficient (Wildman–Crippen LogP) is 2.33. The molecule has 0 spiro atoms. The minimum atomic E-state index is 0.0203. The third-order valence-electron chi connectivity index (χ3n) is 2.77. The van der Waals surface area contributed by atoms with Crippen LogP contribution >= 0.6 is 11.3 Å². The molecule has 1 unspecified atom stereocenters. The van der Waals surface area contributed by atoms with Crippen molar-refractivity contribution >= 4 is 11.3 Å². The molecule has 0 saturated heterocycles. The highest BCUT2D eigenvalue weighted by atomic mass is 32.1. The molecule has 1 atom stereocenters. The summed E-state index contributed by atoms with van der Waals surface area (Å²) in [5.74, 6) is 0. The highest BCUT2D eigenvalue weighted by molar-refractivity contribution is 7.10. The second-order valence-corrected chi connectivity index (χ2v) is 5.09. The Labute approximate surface area is 111 Å². The topological polar surface area (TPSA) is 77.8 Å². The number of nitrogens with zero attached hydrogens (tertiary/aromatic N) is 2. The maximum atomic E-state index is 6.12. The van der Waals surface area contributed by atoms with E-state index in [-0.39, 0.29) is 6.04 Å². The highest BCUT2D eigenvalue weighted by Gasteiger charge is 2.11. The molecule has 2 aromatic rings. The number of rotatable bonds is 6. The van der Waals surface area contributed by atoms with E-state index in [0.717, 1.165) is 42.1 Å². The van der Waals surface area contributed by atoms with Crippen LogP contribution in [0.15, 0.2) is 29.9 Å². The number of hydrogen-bond acceptors (Lipinski definition) is 5. The van der Waals surface area contributed by atoms with Crippen LogP contribution in [0.1, 0.15) is 30.3 Å². The van der Waals surface area contributed by atoms with Crippen LogP contribution in [0.25, 0.3) is 11.3 Å². The molecule has 0 amide bonds. The van der Waals surface area contributed by atoms with Crippen LogP contribution in [-0.4, -0.2) is 16.5 Å². The summed E-state index contributed by atoms with van der Waals surface area (Å²) < 4.78 is 0. The van der Waals surface area contributed by atoms with Crippen molar-refractivity contribution in [2.45, 2.75) is 25.3 Å². The molecule has 96 valence electrons. The Balaban J connectivity index is 2.02. The predicted molar refractivity (Wildman–Crippen MR) is 75.2 cm³/mol. The molecule has 0 aliphatic rings. The maximum absolute atomic E-state index is 6.12. The summed E-state index contributed by atoms with van der Waals surface area (Å²) in [5, 5.41) is 3.03. The van der Waals surface area contributed by atoms with Gasteiger partial charge in [-0.25, -0.2) is 4.98 Å². The fraction of sp³-hybridized carbons (Fsp3) is 0.385. The Hall–Kier alpha value is -1.30. The Morgan fingerprint density at radius 1 is 1.33 bits per heavy atom. The van der Waals surface area contributed by atoms with E-state index < -0.39 is 0 Å². The first-order chi connectivity index (χ1) is 8.81. The lowest BCUT2D eigenvalue weighted by Gasteiger charge is -2.07. The maximum Gasteiger partial charge on any atom is 0.110 e. The van der Waals surface area contributed by atoms with Gasteiger partial charge in [-0.2, -0.15) is 0 Å². The molecule has 18 heavy (non-hydrogen) atoms. The van der Waals surface area contributed by atoms with Crippen molar-refractivity contribution in [3.05, 3.63) is 34.9 Å². The summed E-state index contributed by atoms with van der Waals surface area (Å²) >= 11 is 1.62. The molecular weight excluding hydrogens is 244 g/mol. The standard InChI is InChI=1S/C13H18N4S/c14-6-2-1-5-11(15)13-17-12(9-18-13)10-4-3-7-16-8-10/h3-4,7-9,11H,1-2,5-6,14-15H2. The molecule has 2 heterocycles. The van der Waals surface area contributed by atoms with E-state index in [1.54, 1.807) is 17.5 Å². The summed E-state index contributed by atoms with van der Waals surface area (Å²) in [4.78, 5) is 8.68. The summed E-state index contributed by atoms with van der Waals surface area (Å²) in [6.45, 7) is 0.728. The lowest BCUT2D eigenvalue weighted by Crippen LogP contribution is -2.10. The van der Waals surface area contributed by atoms with Crippen LogP contribution in [0.5, 0.6) is 0 Å². The van der Waals surface area contributed by atoms with Crippen LogP contribution in [0.4, 0.5) is 0 Å². The van der Waals surface area contributed by atoms with E-state index in [9.17, 15) is 0 Å². The van der Waals surface area contributed by atoms with Gasteiger partial charge in [0, 0.05) is 23.3 Å². The van der Waals surface area contributed by atoms with Gasteiger partial charge in [-0.05, 0) is 31.5 Å². The van der Waals surface area contributed by atoms with Crippen molar-refractivity contribution in [2.24, 2.45) is 11.5 Å². The zero-order valence-corrected chi connectivity index (χ0v) is 11.1. The zero-order valence-electron chi connectivity index (χ0n) is 10.2. The minimum absolute atomic E-state index is 0.0203. The van der Waals surface area contributed by atoms with Crippen molar-refractivity contribution < 1.29 is 0 Å². The molecule has 2 rings (SSSR count). The van der Waals surface area contributed by atoms with Crippen molar-refractivity contribution in [1.29, 1.82) is 0 Å². The van der Waals surface area contributed by atoms with Gasteiger partial charge in [0.2, 0.25) is 0 Å². The Kier molecular flexibility index (Phi) is 4.81. The molecule has 2 aromatic heterocycles. The van der Waals surface area contributed by atoms with Gasteiger partial charge in [0.05, 0.1) is 11.7 Å². The lowest BCUT2D eigenvalue weighted by molar-refractivity contribution is 0.589. The van der Waals surface area contributed by atoms with Crippen molar-refractivity contribution in [3.63, 3.8) is 0 Å². The molecule has 0 aromatic carbocycles. The first-order valence-corrected chi connectivity index (χ1v) is 7.00. The van der Waals surface area contributed by atoms with Crippen LogP contribution in [0.2, 0.25) is 0 Å². The molecule has 4 N–H and O–H groups in total. The molecule has 0 fully saturated rings. The molecule has 0 saturated carbocycles. The molecule has 0 bridgehead atoms. The van der Waals surface area contributed by atoms with E-state index in [1.165, 1.54) is 0 Å². The van der Waals surface area contributed by atoms with Gasteiger partial charge in [-0.1, -0.05) is 6.42 Å². The van der Waals surface area contributed by atoms with Crippen LogP contribution < -0.4 is 11.5 Å². The largest absolute Gasteiger partial charge is 0.330 e. The number of nitrogens with two attached hydrogens (primary N) is 2. The summed E-state index contributed by atoms with van der Waals surface area (Å²) in [6, 6.07) is 3.94. The van der Waals surface area contributed by atoms with Crippen molar-refractivity contribution in [2.75, 3.05) is 6.54 Å². The SMILES string of the molecule is NCCCCC(N)c1nc(-c2cccnc2)cs1. The number of aromatic nitrogens is 2. The fourth-order valence-electron chi connectivity index (χ4n) is 1.74. The van der Waals surface area contributed by atoms with E-state index in [2.05, 4.69) is 9.97 Å².